The Kier molecular flexibility index (Phi) is 4.63. The average Bonchev–Trinajstić information content (AvgIpc) is 2.80. The third-order valence-electron chi connectivity index (χ3n) is 2.55. The summed E-state index contributed by atoms with van der Waals surface area (Å²) < 4.78 is 17.9. The molecule has 88 valence electrons. The van der Waals surface area contributed by atoms with Crippen LogP contribution < -0.4 is 5.32 Å². The topological polar surface area (TPSA) is 21.3 Å². The summed E-state index contributed by atoms with van der Waals surface area (Å²) in [5.74, 6) is 0.827. The molecule has 2 rings (SSSR count). The van der Waals surface area contributed by atoms with Crippen LogP contribution in [0.15, 0.2) is 29.2 Å². The molecule has 1 heterocycles. The molecule has 0 bridgehead atoms. The van der Waals surface area contributed by atoms with Crippen LogP contribution in [-0.4, -0.2) is 31.6 Å². The zero-order valence-corrected chi connectivity index (χ0v) is 9.93. The predicted molar refractivity (Wildman–Crippen MR) is 64.4 cm³/mol. The van der Waals surface area contributed by atoms with Crippen LogP contribution in [0.25, 0.3) is 0 Å². The Hall–Kier alpha value is -0.580. The lowest BCUT2D eigenvalue weighted by Crippen LogP contribution is -2.30. The van der Waals surface area contributed by atoms with Crippen molar-refractivity contribution >= 4 is 11.8 Å². The molecule has 2 nitrogen and oxygen atoms in total. The fraction of sp³-hybridized carbons (Fsp3) is 0.500. The van der Waals surface area contributed by atoms with Crippen LogP contribution in [0.4, 0.5) is 4.39 Å². The molecule has 1 aliphatic heterocycles. The highest BCUT2D eigenvalue weighted by Crippen LogP contribution is 2.17. The van der Waals surface area contributed by atoms with Gasteiger partial charge in [-0.1, -0.05) is 0 Å². The number of halogens is 1. The molecular weight excluding hydrogens is 225 g/mol. The van der Waals surface area contributed by atoms with Crippen molar-refractivity contribution in [3.8, 4) is 0 Å². The molecule has 1 saturated heterocycles. The van der Waals surface area contributed by atoms with Crippen LogP contribution >= 0.6 is 11.8 Å². The smallest absolute Gasteiger partial charge is 0.123 e. The van der Waals surface area contributed by atoms with Gasteiger partial charge in [-0.15, -0.1) is 11.8 Å². The summed E-state index contributed by atoms with van der Waals surface area (Å²) in [7, 11) is 0. The molecule has 0 radical (unpaired) electrons. The summed E-state index contributed by atoms with van der Waals surface area (Å²) in [5, 5.41) is 3.44. The largest absolute Gasteiger partial charge is 0.380 e. The standard InChI is InChI=1S/C12H16FNOS/c13-10-1-3-12(4-2-10)16-8-6-14-11-5-7-15-9-11/h1-4,11,14H,5-9H2. The lowest BCUT2D eigenvalue weighted by atomic mass is 10.3. The fourth-order valence-electron chi connectivity index (χ4n) is 1.66. The number of thioether (sulfide) groups is 1. The van der Waals surface area contributed by atoms with Crippen molar-refractivity contribution in [2.45, 2.75) is 17.4 Å². The van der Waals surface area contributed by atoms with E-state index in [0.717, 1.165) is 36.8 Å². The maximum Gasteiger partial charge on any atom is 0.123 e. The summed E-state index contributed by atoms with van der Waals surface area (Å²) in [6.07, 6.45) is 1.11. The minimum atomic E-state index is -0.175. The predicted octanol–water partition coefficient (Wildman–Crippen LogP) is 2.30. The number of nitrogens with one attached hydrogen (secondary N) is 1. The molecule has 1 aliphatic rings. The molecular formula is C12H16FNOS. The van der Waals surface area contributed by atoms with Crippen LogP contribution in [0, 0.1) is 5.82 Å². The van der Waals surface area contributed by atoms with Gasteiger partial charge in [0.1, 0.15) is 5.82 Å². The highest BCUT2D eigenvalue weighted by molar-refractivity contribution is 7.99. The van der Waals surface area contributed by atoms with Gasteiger partial charge in [-0.05, 0) is 30.7 Å². The quantitative estimate of drug-likeness (QED) is 0.631. The van der Waals surface area contributed by atoms with E-state index in [4.69, 9.17) is 4.74 Å². The molecule has 4 heteroatoms. The maximum absolute atomic E-state index is 12.6. The van der Waals surface area contributed by atoms with Crippen molar-refractivity contribution in [3.63, 3.8) is 0 Å². The second kappa shape index (κ2) is 6.23. The van der Waals surface area contributed by atoms with Crippen LogP contribution in [0.1, 0.15) is 6.42 Å². The first-order valence-corrected chi connectivity index (χ1v) is 6.52. The molecule has 1 fully saturated rings. The number of rotatable bonds is 5. The lowest BCUT2D eigenvalue weighted by Gasteiger charge is -2.09. The number of hydrogen-bond donors (Lipinski definition) is 1. The molecule has 1 aromatic rings. The third-order valence-corrected chi connectivity index (χ3v) is 3.56. The SMILES string of the molecule is Fc1ccc(SCCNC2CCOC2)cc1. The van der Waals surface area contributed by atoms with E-state index in [9.17, 15) is 4.39 Å². The Morgan fingerprint density at radius 1 is 1.38 bits per heavy atom. The normalized spacial score (nSPS) is 20.2. The van der Waals surface area contributed by atoms with Gasteiger partial charge in [-0.3, -0.25) is 0 Å². The van der Waals surface area contributed by atoms with Crippen molar-refractivity contribution in [3.05, 3.63) is 30.1 Å². The van der Waals surface area contributed by atoms with Crippen molar-refractivity contribution < 1.29 is 9.13 Å². The van der Waals surface area contributed by atoms with E-state index in [0.29, 0.717) is 6.04 Å². The summed E-state index contributed by atoms with van der Waals surface area (Å²) in [6.45, 7) is 2.68. The highest BCUT2D eigenvalue weighted by Gasteiger charge is 2.13. The molecule has 0 spiro atoms. The second-order valence-corrected chi connectivity index (χ2v) is 4.99. The molecule has 1 atom stereocenters. The van der Waals surface area contributed by atoms with Gasteiger partial charge in [0.05, 0.1) is 6.61 Å². The van der Waals surface area contributed by atoms with E-state index >= 15 is 0 Å². The van der Waals surface area contributed by atoms with Gasteiger partial charge < -0.3 is 10.1 Å². The Bertz CT molecular complexity index is 311. The zero-order valence-electron chi connectivity index (χ0n) is 9.12. The molecule has 0 amide bonds. The van der Waals surface area contributed by atoms with E-state index in [2.05, 4.69) is 5.32 Å². The molecule has 0 saturated carbocycles. The first-order valence-electron chi connectivity index (χ1n) is 5.54. The minimum absolute atomic E-state index is 0.175. The molecule has 0 aliphatic carbocycles. The first-order chi connectivity index (χ1) is 7.84. The summed E-state index contributed by atoms with van der Waals surface area (Å²) >= 11 is 1.74. The number of benzene rings is 1. The molecule has 1 unspecified atom stereocenters. The molecule has 1 N–H and O–H groups in total. The van der Waals surface area contributed by atoms with E-state index in [1.807, 2.05) is 12.1 Å². The maximum atomic E-state index is 12.6. The summed E-state index contributed by atoms with van der Waals surface area (Å²) in [4.78, 5) is 1.12. The van der Waals surface area contributed by atoms with Crippen molar-refractivity contribution in [1.82, 2.24) is 5.32 Å². The van der Waals surface area contributed by atoms with E-state index in [-0.39, 0.29) is 5.82 Å². The van der Waals surface area contributed by atoms with Gasteiger partial charge in [0.25, 0.3) is 0 Å². The molecule has 1 aromatic carbocycles. The van der Waals surface area contributed by atoms with E-state index < -0.39 is 0 Å². The van der Waals surface area contributed by atoms with Crippen molar-refractivity contribution in [2.24, 2.45) is 0 Å². The first kappa shape index (κ1) is 11.9. The number of hydrogen-bond acceptors (Lipinski definition) is 3. The Morgan fingerprint density at radius 2 is 2.19 bits per heavy atom. The second-order valence-electron chi connectivity index (χ2n) is 3.82. The van der Waals surface area contributed by atoms with Gasteiger partial charge in [0.15, 0.2) is 0 Å². The monoisotopic (exact) mass is 241 g/mol. The van der Waals surface area contributed by atoms with Gasteiger partial charge >= 0.3 is 0 Å². The molecule has 0 aromatic heterocycles. The van der Waals surface area contributed by atoms with Gasteiger partial charge in [-0.25, -0.2) is 4.39 Å². The fourth-order valence-corrected chi connectivity index (χ4v) is 2.44. The minimum Gasteiger partial charge on any atom is -0.380 e. The Labute approximate surface area is 99.6 Å². The number of ether oxygens (including phenoxy) is 1. The molecule has 16 heavy (non-hydrogen) atoms. The third kappa shape index (κ3) is 3.77. The summed E-state index contributed by atoms with van der Waals surface area (Å²) in [6, 6.07) is 7.16. The van der Waals surface area contributed by atoms with Crippen molar-refractivity contribution in [2.75, 3.05) is 25.5 Å². The zero-order chi connectivity index (χ0) is 11.2. The van der Waals surface area contributed by atoms with Crippen LogP contribution in [-0.2, 0) is 4.74 Å². The van der Waals surface area contributed by atoms with Gasteiger partial charge in [0, 0.05) is 29.8 Å². The average molecular weight is 241 g/mol. The Morgan fingerprint density at radius 3 is 2.88 bits per heavy atom. The van der Waals surface area contributed by atoms with Gasteiger partial charge in [-0.2, -0.15) is 0 Å². The Balaban J connectivity index is 1.62. The lowest BCUT2D eigenvalue weighted by molar-refractivity contribution is 0.190. The van der Waals surface area contributed by atoms with Crippen molar-refractivity contribution in [1.29, 1.82) is 0 Å². The van der Waals surface area contributed by atoms with Crippen LogP contribution in [0.2, 0.25) is 0 Å². The summed E-state index contributed by atoms with van der Waals surface area (Å²) in [5.41, 5.74) is 0. The van der Waals surface area contributed by atoms with Crippen LogP contribution in [0.5, 0.6) is 0 Å². The van der Waals surface area contributed by atoms with E-state index in [1.54, 1.807) is 11.8 Å². The highest BCUT2D eigenvalue weighted by atomic mass is 32.2. The van der Waals surface area contributed by atoms with E-state index in [1.165, 1.54) is 12.1 Å². The van der Waals surface area contributed by atoms with Gasteiger partial charge in [0.2, 0.25) is 0 Å². The van der Waals surface area contributed by atoms with Crippen LogP contribution in [0.3, 0.4) is 0 Å².